The first kappa shape index (κ1) is 17.3. The van der Waals surface area contributed by atoms with Gasteiger partial charge in [-0.05, 0) is 25.3 Å². The van der Waals surface area contributed by atoms with Crippen LogP contribution in [0.4, 0.5) is 4.79 Å². The molecule has 0 heterocycles. The molecular weight excluding hydrogens is 268 g/mol. The minimum atomic E-state index is -0.407. The number of amides is 2. The highest BCUT2D eigenvalue weighted by Gasteiger charge is 2.06. The molecule has 0 radical (unpaired) electrons. The summed E-state index contributed by atoms with van der Waals surface area (Å²) in [6, 6.07) is 7.44. The van der Waals surface area contributed by atoms with Gasteiger partial charge in [0, 0.05) is 18.7 Å². The van der Waals surface area contributed by atoms with Crippen LogP contribution in [0, 0.1) is 5.92 Å². The molecule has 21 heavy (non-hydrogen) atoms. The maximum absolute atomic E-state index is 11.6. The number of urea groups is 1. The van der Waals surface area contributed by atoms with E-state index < -0.39 is 6.10 Å². The zero-order valence-corrected chi connectivity index (χ0v) is 13.1. The van der Waals surface area contributed by atoms with Crippen LogP contribution in [-0.4, -0.2) is 30.4 Å². The SMILES string of the molecule is CC(C)COc1ccccc1CNC(=O)NCCC(C)O. The summed E-state index contributed by atoms with van der Waals surface area (Å²) >= 11 is 0. The summed E-state index contributed by atoms with van der Waals surface area (Å²) in [7, 11) is 0. The number of benzene rings is 1. The number of aliphatic hydroxyl groups excluding tert-OH is 1. The molecule has 1 unspecified atom stereocenters. The van der Waals surface area contributed by atoms with Crippen LogP contribution in [0.5, 0.6) is 5.75 Å². The smallest absolute Gasteiger partial charge is 0.315 e. The predicted octanol–water partition coefficient (Wildman–Crippen LogP) is 2.29. The Labute approximate surface area is 126 Å². The standard InChI is InChI=1S/C16H26N2O3/c1-12(2)11-21-15-7-5-4-6-14(15)10-18-16(20)17-9-8-13(3)19/h4-7,12-13,19H,8-11H2,1-3H3,(H2,17,18,20). The number of nitrogens with one attached hydrogen (secondary N) is 2. The van der Waals surface area contributed by atoms with E-state index in [1.54, 1.807) is 6.92 Å². The van der Waals surface area contributed by atoms with Gasteiger partial charge in [-0.3, -0.25) is 0 Å². The van der Waals surface area contributed by atoms with Crippen molar-refractivity contribution >= 4 is 6.03 Å². The Hall–Kier alpha value is -1.75. The van der Waals surface area contributed by atoms with Crippen molar-refractivity contribution in [2.24, 2.45) is 5.92 Å². The summed E-state index contributed by atoms with van der Waals surface area (Å²) in [5.41, 5.74) is 0.948. The van der Waals surface area contributed by atoms with Crippen molar-refractivity contribution in [3.05, 3.63) is 29.8 Å². The molecule has 5 heteroatoms. The number of carbonyl (C=O) groups is 1. The third-order valence-electron chi connectivity index (χ3n) is 2.83. The van der Waals surface area contributed by atoms with Gasteiger partial charge >= 0.3 is 6.03 Å². The van der Waals surface area contributed by atoms with E-state index in [4.69, 9.17) is 9.84 Å². The van der Waals surface area contributed by atoms with Crippen molar-refractivity contribution in [1.82, 2.24) is 10.6 Å². The van der Waals surface area contributed by atoms with Crippen LogP contribution >= 0.6 is 0 Å². The molecule has 3 N–H and O–H groups in total. The van der Waals surface area contributed by atoms with Crippen LogP contribution in [0.3, 0.4) is 0 Å². The average Bonchev–Trinajstić information content (AvgIpc) is 2.43. The Bertz CT molecular complexity index is 433. The molecule has 0 aliphatic carbocycles. The molecule has 0 aliphatic heterocycles. The highest BCUT2D eigenvalue weighted by molar-refractivity contribution is 5.73. The van der Waals surface area contributed by atoms with E-state index in [2.05, 4.69) is 24.5 Å². The maximum Gasteiger partial charge on any atom is 0.315 e. The van der Waals surface area contributed by atoms with Gasteiger partial charge in [-0.1, -0.05) is 32.0 Å². The van der Waals surface area contributed by atoms with Gasteiger partial charge in [-0.2, -0.15) is 0 Å². The zero-order chi connectivity index (χ0) is 15.7. The van der Waals surface area contributed by atoms with Crippen LogP contribution in [0.1, 0.15) is 32.8 Å². The van der Waals surface area contributed by atoms with Crippen LogP contribution in [0.15, 0.2) is 24.3 Å². The lowest BCUT2D eigenvalue weighted by molar-refractivity contribution is 0.183. The first-order chi connectivity index (χ1) is 9.99. The molecule has 1 rings (SSSR count). The second-order valence-corrected chi connectivity index (χ2v) is 5.56. The molecule has 0 bridgehead atoms. The van der Waals surface area contributed by atoms with E-state index in [0.717, 1.165) is 11.3 Å². The van der Waals surface area contributed by atoms with Crippen molar-refractivity contribution in [2.75, 3.05) is 13.2 Å². The van der Waals surface area contributed by atoms with Crippen molar-refractivity contribution in [3.63, 3.8) is 0 Å². The molecule has 2 amide bonds. The van der Waals surface area contributed by atoms with E-state index in [9.17, 15) is 4.79 Å². The third kappa shape index (κ3) is 7.56. The molecule has 0 aromatic heterocycles. The summed E-state index contributed by atoms with van der Waals surface area (Å²) in [4.78, 5) is 11.6. The van der Waals surface area contributed by atoms with Crippen LogP contribution in [-0.2, 0) is 6.54 Å². The van der Waals surface area contributed by atoms with Crippen LogP contribution in [0.25, 0.3) is 0 Å². The van der Waals surface area contributed by atoms with Crippen LogP contribution in [0.2, 0.25) is 0 Å². The Kier molecular flexibility index (Phi) is 7.61. The van der Waals surface area contributed by atoms with E-state index >= 15 is 0 Å². The van der Waals surface area contributed by atoms with Gasteiger partial charge in [0.2, 0.25) is 0 Å². The van der Waals surface area contributed by atoms with Gasteiger partial charge in [0.25, 0.3) is 0 Å². The van der Waals surface area contributed by atoms with Crippen LogP contribution < -0.4 is 15.4 Å². The van der Waals surface area contributed by atoms with E-state index in [-0.39, 0.29) is 6.03 Å². The molecule has 5 nitrogen and oxygen atoms in total. The Morgan fingerprint density at radius 1 is 1.24 bits per heavy atom. The number of ether oxygens (including phenoxy) is 1. The fourth-order valence-electron chi connectivity index (χ4n) is 1.68. The highest BCUT2D eigenvalue weighted by atomic mass is 16.5. The number of hydrogen-bond donors (Lipinski definition) is 3. The predicted molar refractivity (Wildman–Crippen MR) is 83.3 cm³/mol. The molecule has 0 fully saturated rings. The molecule has 1 atom stereocenters. The maximum atomic E-state index is 11.6. The van der Waals surface area contributed by atoms with Gasteiger partial charge in [0.1, 0.15) is 5.75 Å². The van der Waals surface area contributed by atoms with E-state index in [1.165, 1.54) is 0 Å². The lowest BCUT2D eigenvalue weighted by Crippen LogP contribution is -2.36. The lowest BCUT2D eigenvalue weighted by atomic mass is 10.2. The van der Waals surface area contributed by atoms with Gasteiger partial charge in [-0.25, -0.2) is 4.79 Å². The topological polar surface area (TPSA) is 70.6 Å². The molecule has 0 saturated carbocycles. The van der Waals surface area contributed by atoms with E-state index in [0.29, 0.717) is 32.0 Å². The first-order valence-corrected chi connectivity index (χ1v) is 7.39. The lowest BCUT2D eigenvalue weighted by Gasteiger charge is -2.14. The summed E-state index contributed by atoms with van der Waals surface area (Å²) in [6.07, 6.45) is 0.136. The summed E-state index contributed by atoms with van der Waals surface area (Å²) in [5.74, 6) is 1.25. The van der Waals surface area contributed by atoms with Crippen molar-refractivity contribution in [1.29, 1.82) is 0 Å². The monoisotopic (exact) mass is 294 g/mol. The van der Waals surface area contributed by atoms with Crippen molar-refractivity contribution in [3.8, 4) is 5.75 Å². The van der Waals surface area contributed by atoms with Crippen molar-refractivity contribution < 1.29 is 14.6 Å². The van der Waals surface area contributed by atoms with Gasteiger partial charge < -0.3 is 20.5 Å². The van der Waals surface area contributed by atoms with Gasteiger partial charge in [0.15, 0.2) is 0 Å². The van der Waals surface area contributed by atoms with Crippen molar-refractivity contribution in [2.45, 2.75) is 39.8 Å². The second kappa shape index (κ2) is 9.23. The minimum absolute atomic E-state index is 0.241. The quantitative estimate of drug-likeness (QED) is 0.689. The number of carbonyl (C=O) groups excluding carboxylic acids is 1. The molecule has 1 aromatic rings. The number of para-hydroxylation sites is 1. The molecule has 0 spiro atoms. The summed E-state index contributed by atoms with van der Waals surface area (Å²) < 4.78 is 5.74. The molecule has 0 saturated heterocycles. The number of aliphatic hydroxyl groups is 1. The largest absolute Gasteiger partial charge is 0.493 e. The third-order valence-corrected chi connectivity index (χ3v) is 2.83. The summed E-state index contributed by atoms with van der Waals surface area (Å²) in [6.45, 7) is 7.40. The molecule has 1 aromatic carbocycles. The number of hydrogen-bond acceptors (Lipinski definition) is 3. The summed E-state index contributed by atoms with van der Waals surface area (Å²) in [5, 5.41) is 14.6. The minimum Gasteiger partial charge on any atom is -0.493 e. The average molecular weight is 294 g/mol. The zero-order valence-electron chi connectivity index (χ0n) is 13.1. The highest BCUT2D eigenvalue weighted by Crippen LogP contribution is 2.18. The second-order valence-electron chi connectivity index (χ2n) is 5.56. The van der Waals surface area contributed by atoms with E-state index in [1.807, 2.05) is 24.3 Å². The van der Waals surface area contributed by atoms with Gasteiger partial charge in [0.05, 0.1) is 12.7 Å². The molecular formula is C16H26N2O3. The Morgan fingerprint density at radius 2 is 1.95 bits per heavy atom. The fourth-order valence-corrected chi connectivity index (χ4v) is 1.68. The molecule has 118 valence electrons. The normalized spacial score (nSPS) is 12.0. The first-order valence-electron chi connectivity index (χ1n) is 7.39. The van der Waals surface area contributed by atoms with Gasteiger partial charge in [-0.15, -0.1) is 0 Å². The fraction of sp³-hybridized carbons (Fsp3) is 0.562. The Balaban J connectivity index is 2.42. The Morgan fingerprint density at radius 3 is 2.62 bits per heavy atom. The number of rotatable bonds is 8. The molecule has 0 aliphatic rings.